The van der Waals surface area contributed by atoms with Crippen LogP contribution in [0.1, 0.15) is 58.2 Å². The second-order valence-electron chi connectivity index (χ2n) is 7.63. The van der Waals surface area contributed by atoms with E-state index in [-0.39, 0.29) is 16.7 Å². The number of carbonyl (C=O) groups is 1. The van der Waals surface area contributed by atoms with Gasteiger partial charge in [0.25, 0.3) is 5.91 Å². The molecular weight excluding hydrogens is 294 g/mol. The molecule has 0 saturated carbocycles. The molecule has 1 aliphatic heterocycles. The van der Waals surface area contributed by atoms with E-state index in [1.165, 1.54) is 11.8 Å². The third-order valence-electron chi connectivity index (χ3n) is 3.61. The highest BCUT2D eigenvalue weighted by Crippen LogP contribution is 2.40. The van der Waals surface area contributed by atoms with Gasteiger partial charge in [-0.3, -0.25) is 4.79 Å². The lowest BCUT2D eigenvalue weighted by Crippen LogP contribution is -2.17. The summed E-state index contributed by atoms with van der Waals surface area (Å²) in [4.78, 5) is 16.0. The fourth-order valence-corrected chi connectivity index (χ4v) is 3.00. The third kappa shape index (κ3) is 3.43. The molecule has 1 aromatic carbocycles. The first-order valence-electron chi connectivity index (χ1n) is 7.33. The molecule has 0 unspecified atom stereocenters. The van der Waals surface area contributed by atoms with Crippen LogP contribution < -0.4 is 0 Å². The first kappa shape index (κ1) is 16.8. The van der Waals surface area contributed by atoms with E-state index in [2.05, 4.69) is 46.5 Å². The monoisotopic (exact) mass is 317 g/mol. The number of aliphatic imine (C=N–C) groups is 1. The number of hydrogen-bond donors (Lipinski definition) is 1. The molecule has 1 aromatic rings. The molecule has 0 bridgehead atoms. The summed E-state index contributed by atoms with van der Waals surface area (Å²) in [7, 11) is 0. The number of nitrogens with zero attached hydrogens (tertiary/aromatic N) is 1. The second kappa shape index (κ2) is 5.58. The predicted octanol–water partition coefficient (Wildman–Crippen LogP) is 4.63. The first-order chi connectivity index (χ1) is 10.00. The van der Waals surface area contributed by atoms with Crippen LogP contribution in [-0.4, -0.2) is 16.6 Å². The van der Waals surface area contributed by atoms with Crippen molar-refractivity contribution in [3.63, 3.8) is 0 Å². The zero-order chi connectivity index (χ0) is 16.7. The summed E-state index contributed by atoms with van der Waals surface area (Å²) < 4.78 is 0. The minimum absolute atomic E-state index is 0.179. The number of phenols is 1. The van der Waals surface area contributed by atoms with Crippen molar-refractivity contribution < 1.29 is 9.90 Å². The topological polar surface area (TPSA) is 49.7 Å². The summed E-state index contributed by atoms with van der Waals surface area (Å²) >= 11 is 1.33. The van der Waals surface area contributed by atoms with Gasteiger partial charge in [-0.15, -0.1) is 0 Å². The Balaban J connectivity index is 2.63. The zero-order valence-electron chi connectivity index (χ0n) is 14.0. The highest BCUT2D eigenvalue weighted by Gasteiger charge is 2.26. The van der Waals surface area contributed by atoms with Crippen molar-refractivity contribution in [2.45, 2.75) is 52.4 Å². The average molecular weight is 317 g/mol. The van der Waals surface area contributed by atoms with Crippen molar-refractivity contribution in [3.05, 3.63) is 33.7 Å². The number of benzene rings is 1. The number of aromatic hydroxyl groups is 1. The molecule has 0 fully saturated rings. The molecule has 118 valence electrons. The Morgan fingerprint density at radius 1 is 1.05 bits per heavy atom. The molecule has 0 aromatic heterocycles. The van der Waals surface area contributed by atoms with Crippen LogP contribution in [0.3, 0.4) is 0 Å². The van der Waals surface area contributed by atoms with Gasteiger partial charge in [-0.1, -0.05) is 53.3 Å². The van der Waals surface area contributed by atoms with Crippen molar-refractivity contribution in [2.24, 2.45) is 4.99 Å². The molecule has 1 heterocycles. The molecule has 1 N–H and O–H groups in total. The van der Waals surface area contributed by atoms with Gasteiger partial charge in [0.05, 0.1) is 10.5 Å². The molecule has 0 atom stereocenters. The summed E-state index contributed by atoms with van der Waals surface area (Å²) in [6, 6.07) is 3.92. The van der Waals surface area contributed by atoms with Crippen LogP contribution in [0.5, 0.6) is 5.75 Å². The van der Waals surface area contributed by atoms with Gasteiger partial charge in [-0.05, 0) is 34.6 Å². The Morgan fingerprint density at radius 3 is 1.91 bits per heavy atom. The molecule has 1 amide bonds. The van der Waals surface area contributed by atoms with Gasteiger partial charge < -0.3 is 5.11 Å². The van der Waals surface area contributed by atoms with Crippen LogP contribution in [0.2, 0.25) is 0 Å². The van der Waals surface area contributed by atoms with E-state index in [4.69, 9.17) is 0 Å². The smallest absolute Gasteiger partial charge is 0.284 e. The molecule has 0 radical (unpaired) electrons. The number of hydrogen-bond acceptors (Lipinski definition) is 3. The van der Waals surface area contributed by atoms with Gasteiger partial charge in [0.15, 0.2) is 0 Å². The standard InChI is InChI=1S/C18H23NO2S/c1-17(2,3)12-7-11(9-14-16(21)19-10-22-14)8-13(15(12)20)18(4,5)6/h7-10,20H,1-6H3/b14-9+. The maximum Gasteiger partial charge on any atom is 0.284 e. The molecule has 22 heavy (non-hydrogen) atoms. The van der Waals surface area contributed by atoms with Crippen LogP contribution in [0.15, 0.2) is 22.0 Å². The normalized spacial score (nSPS) is 17.5. The summed E-state index contributed by atoms with van der Waals surface area (Å²) in [5.74, 6) is 0.150. The lowest BCUT2D eigenvalue weighted by Gasteiger charge is -2.28. The Bertz CT molecular complexity index is 638. The van der Waals surface area contributed by atoms with Gasteiger partial charge in [0.1, 0.15) is 5.75 Å². The molecule has 0 saturated heterocycles. The summed E-state index contributed by atoms with van der Waals surface area (Å²) in [5, 5.41) is 10.7. The number of phenolic OH excluding ortho intramolecular Hbond substituents is 1. The maximum absolute atomic E-state index is 11.7. The lowest BCUT2D eigenvalue weighted by molar-refractivity contribution is -0.113. The second-order valence-corrected chi connectivity index (χ2v) is 8.52. The Morgan fingerprint density at radius 2 is 1.55 bits per heavy atom. The number of amides is 1. The first-order valence-corrected chi connectivity index (χ1v) is 8.21. The van der Waals surface area contributed by atoms with E-state index in [0.717, 1.165) is 16.7 Å². The minimum atomic E-state index is -0.201. The van der Waals surface area contributed by atoms with E-state index in [1.807, 2.05) is 18.2 Å². The molecule has 2 rings (SSSR count). The zero-order valence-corrected chi connectivity index (χ0v) is 14.8. The molecule has 1 aliphatic rings. The van der Waals surface area contributed by atoms with E-state index in [9.17, 15) is 9.90 Å². The fraction of sp³-hybridized carbons (Fsp3) is 0.444. The minimum Gasteiger partial charge on any atom is -0.507 e. The SMILES string of the molecule is CC(C)(C)c1cc(/C=C2/SC=NC2=O)cc(C(C)(C)C)c1O. The quantitative estimate of drug-likeness (QED) is 0.768. The van der Waals surface area contributed by atoms with E-state index in [1.54, 1.807) is 5.55 Å². The molecular formula is C18H23NO2S. The van der Waals surface area contributed by atoms with Crippen molar-refractivity contribution in [3.8, 4) is 5.75 Å². The maximum atomic E-state index is 11.7. The Hall–Kier alpha value is -1.55. The van der Waals surface area contributed by atoms with Gasteiger partial charge in [-0.25, -0.2) is 4.99 Å². The van der Waals surface area contributed by atoms with Crippen molar-refractivity contribution >= 4 is 29.3 Å². The Kier molecular flexibility index (Phi) is 4.26. The largest absolute Gasteiger partial charge is 0.507 e. The van der Waals surface area contributed by atoms with Crippen LogP contribution in [0.4, 0.5) is 0 Å². The Labute approximate surface area is 136 Å². The van der Waals surface area contributed by atoms with E-state index < -0.39 is 0 Å². The molecule has 0 spiro atoms. The van der Waals surface area contributed by atoms with Gasteiger partial charge in [0, 0.05) is 11.1 Å². The van der Waals surface area contributed by atoms with E-state index >= 15 is 0 Å². The molecule has 0 aliphatic carbocycles. The van der Waals surface area contributed by atoms with Crippen LogP contribution in [-0.2, 0) is 15.6 Å². The number of thioether (sulfide) groups is 1. The van der Waals surface area contributed by atoms with Crippen molar-refractivity contribution in [1.82, 2.24) is 0 Å². The summed E-state index contributed by atoms with van der Waals surface area (Å²) in [6.07, 6.45) is 1.85. The number of rotatable bonds is 1. The van der Waals surface area contributed by atoms with E-state index in [0.29, 0.717) is 10.7 Å². The van der Waals surface area contributed by atoms with Gasteiger partial charge in [-0.2, -0.15) is 0 Å². The molecule has 4 heteroatoms. The predicted molar refractivity (Wildman–Crippen MR) is 94.6 cm³/mol. The fourth-order valence-electron chi connectivity index (χ4n) is 2.38. The third-order valence-corrected chi connectivity index (χ3v) is 4.36. The van der Waals surface area contributed by atoms with Crippen molar-refractivity contribution in [2.75, 3.05) is 0 Å². The lowest BCUT2D eigenvalue weighted by atomic mass is 9.78. The highest BCUT2D eigenvalue weighted by molar-refractivity contribution is 8.16. The van der Waals surface area contributed by atoms with Gasteiger partial charge in [0.2, 0.25) is 0 Å². The average Bonchev–Trinajstić information content (AvgIpc) is 2.74. The van der Waals surface area contributed by atoms with Crippen LogP contribution in [0.25, 0.3) is 6.08 Å². The molecule has 3 nitrogen and oxygen atoms in total. The van der Waals surface area contributed by atoms with Gasteiger partial charge >= 0.3 is 0 Å². The number of carbonyl (C=O) groups excluding carboxylic acids is 1. The van der Waals surface area contributed by atoms with Crippen molar-refractivity contribution in [1.29, 1.82) is 0 Å². The van der Waals surface area contributed by atoms with Crippen LogP contribution >= 0.6 is 11.8 Å². The highest BCUT2D eigenvalue weighted by atomic mass is 32.2. The summed E-state index contributed by atoms with van der Waals surface area (Å²) in [6.45, 7) is 12.4. The van der Waals surface area contributed by atoms with Crippen LogP contribution in [0, 0.1) is 0 Å². The summed E-state index contributed by atoms with van der Waals surface area (Å²) in [5.41, 5.74) is 3.91.